The number of ether oxygens (including phenoxy) is 1. The molecule has 4 rings (SSSR count). The van der Waals surface area contributed by atoms with Crippen LogP contribution in [0, 0.1) is 41.1 Å². The lowest BCUT2D eigenvalue weighted by atomic mass is 9.75. The van der Waals surface area contributed by atoms with E-state index < -0.39 is 23.6 Å². The van der Waals surface area contributed by atoms with E-state index in [1.165, 1.54) is 31.3 Å². The molecule has 129 valence electrons. The van der Waals surface area contributed by atoms with E-state index in [9.17, 15) is 13.2 Å². The van der Waals surface area contributed by atoms with E-state index in [0.29, 0.717) is 24.0 Å². The number of hydrogen-bond acceptors (Lipinski definition) is 1. The summed E-state index contributed by atoms with van der Waals surface area (Å²) >= 11 is 0. The Morgan fingerprint density at radius 2 is 1.62 bits per heavy atom. The maximum absolute atomic E-state index is 13.5. The second-order valence-corrected chi connectivity index (χ2v) is 7.62. The molecule has 1 radical (unpaired) electrons. The summed E-state index contributed by atoms with van der Waals surface area (Å²) in [7, 11) is 0. The van der Waals surface area contributed by atoms with E-state index in [0.717, 1.165) is 30.4 Å². The monoisotopic (exact) mass is 335 g/mol. The molecule has 1 aromatic carbocycles. The van der Waals surface area contributed by atoms with Crippen molar-refractivity contribution in [1.82, 2.24) is 0 Å². The zero-order valence-electron chi connectivity index (χ0n) is 13.8. The van der Waals surface area contributed by atoms with Gasteiger partial charge < -0.3 is 4.74 Å². The molecular formula is C20H22F3O. The Balaban J connectivity index is 1.49. The van der Waals surface area contributed by atoms with Gasteiger partial charge in [-0.2, -0.15) is 0 Å². The fourth-order valence-corrected chi connectivity index (χ4v) is 4.29. The summed E-state index contributed by atoms with van der Waals surface area (Å²) in [5.74, 6) is -0.751. The highest BCUT2D eigenvalue weighted by molar-refractivity contribution is 5.56. The van der Waals surface area contributed by atoms with E-state index in [4.69, 9.17) is 4.74 Å². The third-order valence-corrected chi connectivity index (χ3v) is 5.89. The highest BCUT2D eigenvalue weighted by Gasteiger charge is 2.42. The second kappa shape index (κ2) is 6.21. The number of hydrogen-bond donors (Lipinski definition) is 0. The summed E-state index contributed by atoms with van der Waals surface area (Å²) in [6, 6.07) is 2.12. The van der Waals surface area contributed by atoms with Crippen LogP contribution in [-0.4, -0.2) is 6.61 Å². The van der Waals surface area contributed by atoms with Crippen molar-refractivity contribution in [3.8, 4) is 0 Å². The molecule has 1 aliphatic heterocycles. The average molecular weight is 335 g/mol. The minimum Gasteiger partial charge on any atom is -0.372 e. The largest absolute Gasteiger partial charge is 0.372 e. The summed E-state index contributed by atoms with van der Waals surface area (Å²) in [5, 5.41) is 0. The number of benzene rings is 1. The Hall–Kier alpha value is -1.29. The first-order valence-electron chi connectivity index (χ1n) is 8.86. The molecule has 2 unspecified atom stereocenters. The smallest absolute Gasteiger partial charge is 0.194 e. The lowest BCUT2D eigenvalue weighted by Crippen LogP contribution is -2.24. The molecule has 2 fully saturated rings. The number of fused-ring (bicyclic) bond motifs is 1. The van der Waals surface area contributed by atoms with Crippen molar-refractivity contribution < 1.29 is 17.9 Å². The Morgan fingerprint density at radius 1 is 0.958 bits per heavy atom. The quantitative estimate of drug-likeness (QED) is 0.646. The summed E-state index contributed by atoms with van der Waals surface area (Å²) in [4.78, 5) is 0. The van der Waals surface area contributed by atoms with Crippen molar-refractivity contribution in [3.63, 3.8) is 0 Å². The van der Waals surface area contributed by atoms with Gasteiger partial charge >= 0.3 is 0 Å². The fraction of sp³-hybridized carbons (Fsp3) is 0.550. The molecule has 2 aliphatic carbocycles. The fourth-order valence-electron chi connectivity index (χ4n) is 4.29. The van der Waals surface area contributed by atoms with Crippen LogP contribution in [0.25, 0.3) is 0 Å². The first kappa shape index (κ1) is 16.2. The minimum absolute atomic E-state index is 0.366. The van der Waals surface area contributed by atoms with Crippen LogP contribution >= 0.6 is 0 Å². The second-order valence-electron chi connectivity index (χ2n) is 7.62. The average Bonchev–Trinajstić information content (AvgIpc) is 3.32. The Bertz CT molecular complexity index is 638. The molecule has 24 heavy (non-hydrogen) atoms. The van der Waals surface area contributed by atoms with Gasteiger partial charge in [0.05, 0.1) is 18.6 Å². The first-order chi connectivity index (χ1) is 11.5. The maximum atomic E-state index is 13.5. The van der Waals surface area contributed by atoms with E-state index in [1.807, 2.05) is 0 Å². The minimum atomic E-state index is -1.42. The van der Waals surface area contributed by atoms with E-state index in [1.54, 1.807) is 0 Å². The molecule has 1 saturated carbocycles. The SMILES string of the molecule is CC1CCC(C2COC(c3cc(F)c(F)c(F)c3)[C]3C=C3C2)CC1. The van der Waals surface area contributed by atoms with Gasteiger partial charge in [0.15, 0.2) is 17.5 Å². The molecule has 1 nitrogen and oxygen atoms in total. The summed E-state index contributed by atoms with van der Waals surface area (Å²) in [6.07, 6.45) is 7.61. The van der Waals surface area contributed by atoms with Gasteiger partial charge in [-0.15, -0.1) is 0 Å². The highest BCUT2D eigenvalue weighted by Crippen LogP contribution is 2.52. The van der Waals surface area contributed by atoms with Crippen LogP contribution < -0.4 is 0 Å². The van der Waals surface area contributed by atoms with Gasteiger partial charge in [-0.3, -0.25) is 0 Å². The molecule has 0 spiro atoms. The van der Waals surface area contributed by atoms with Crippen LogP contribution in [0.4, 0.5) is 13.2 Å². The molecule has 1 heterocycles. The van der Waals surface area contributed by atoms with Gasteiger partial charge in [-0.05, 0) is 54.7 Å². The number of halogens is 3. The zero-order chi connectivity index (χ0) is 16.8. The molecule has 4 heteroatoms. The standard InChI is InChI=1S/C20H22F3O/c1-11-2-4-12(5-3-11)15-6-13-7-16(13)20(24-10-15)14-8-17(21)19(23)18(22)9-14/h7-9,11-12,15,20H,2-6,10H2,1H3. The van der Waals surface area contributed by atoms with Crippen molar-refractivity contribution in [2.24, 2.45) is 17.8 Å². The van der Waals surface area contributed by atoms with Gasteiger partial charge in [-0.1, -0.05) is 31.4 Å². The normalized spacial score (nSPS) is 33.6. The molecule has 2 atom stereocenters. The van der Waals surface area contributed by atoms with E-state index in [2.05, 4.69) is 13.0 Å². The highest BCUT2D eigenvalue weighted by atomic mass is 19.2. The number of rotatable bonds is 2. The first-order valence-corrected chi connectivity index (χ1v) is 8.86. The molecular weight excluding hydrogens is 313 g/mol. The molecule has 0 bridgehead atoms. The lowest BCUT2D eigenvalue weighted by molar-refractivity contribution is 0.0298. The molecule has 1 saturated heterocycles. The summed E-state index contributed by atoms with van der Waals surface area (Å²) in [5.41, 5.74) is 1.62. The van der Waals surface area contributed by atoms with Crippen molar-refractivity contribution >= 4 is 0 Å². The van der Waals surface area contributed by atoms with Crippen molar-refractivity contribution in [2.45, 2.75) is 45.1 Å². The maximum Gasteiger partial charge on any atom is 0.194 e. The Morgan fingerprint density at radius 3 is 2.29 bits per heavy atom. The topological polar surface area (TPSA) is 9.23 Å². The van der Waals surface area contributed by atoms with Gasteiger partial charge in [0.1, 0.15) is 0 Å². The Labute approximate surface area is 140 Å². The van der Waals surface area contributed by atoms with E-state index >= 15 is 0 Å². The van der Waals surface area contributed by atoms with Crippen LogP contribution in [0.2, 0.25) is 0 Å². The predicted octanol–water partition coefficient (Wildman–Crippen LogP) is 5.52. The van der Waals surface area contributed by atoms with Crippen molar-refractivity contribution in [2.75, 3.05) is 6.61 Å². The molecule has 0 N–H and O–H groups in total. The third-order valence-electron chi connectivity index (χ3n) is 5.89. The van der Waals surface area contributed by atoms with E-state index in [-0.39, 0.29) is 0 Å². The van der Waals surface area contributed by atoms with Crippen LogP contribution in [-0.2, 0) is 4.74 Å². The van der Waals surface area contributed by atoms with Gasteiger partial charge in [0.25, 0.3) is 0 Å². The van der Waals surface area contributed by atoms with Crippen molar-refractivity contribution in [1.29, 1.82) is 0 Å². The van der Waals surface area contributed by atoms with Crippen molar-refractivity contribution in [3.05, 3.63) is 52.7 Å². The molecule has 0 amide bonds. The van der Waals surface area contributed by atoms with Crippen LogP contribution in [0.1, 0.15) is 50.7 Å². The van der Waals surface area contributed by atoms with Gasteiger partial charge in [0.2, 0.25) is 0 Å². The van der Waals surface area contributed by atoms with Crippen LogP contribution in [0.5, 0.6) is 0 Å². The van der Waals surface area contributed by atoms with Crippen LogP contribution in [0.15, 0.2) is 23.8 Å². The molecule has 0 aromatic heterocycles. The third kappa shape index (κ3) is 3.01. The summed E-state index contributed by atoms with van der Waals surface area (Å²) < 4.78 is 46.3. The van der Waals surface area contributed by atoms with Gasteiger partial charge in [-0.25, -0.2) is 13.2 Å². The van der Waals surface area contributed by atoms with Gasteiger partial charge in [0, 0.05) is 0 Å². The Kier molecular flexibility index (Phi) is 4.19. The summed E-state index contributed by atoms with van der Waals surface area (Å²) in [6.45, 7) is 2.91. The molecule has 3 aliphatic rings. The molecule has 1 aromatic rings. The lowest BCUT2D eigenvalue weighted by Gasteiger charge is -2.32. The zero-order valence-corrected chi connectivity index (χ0v) is 13.8. The van der Waals surface area contributed by atoms with Crippen LogP contribution in [0.3, 0.4) is 0 Å². The predicted molar refractivity (Wildman–Crippen MR) is 85.6 cm³/mol.